The van der Waals surface area contributed by atoms with E-state index in [1.54, 1.807) is 0 Å². The van der Waals surface area contributed by atoms with E-state index in [1.165, 1.54) is 29.9 Å². The van der Waals surface area contributed by atoms with Crippen molar-refractivity contribution in [1.29, 1.82) is 0 Å². The SMILES string of the molecule is C[C@H]1CCCN(c2ccc(CNC(=O)CCn3cc([N+](=O)[O-])cn3)cc2Cl)C1. The summed E-state index contributed by atoms with van der Waals surface area (Å²) in [4.78, 5) is 24.5. The predicted octanol–water partition coefficient (Wildman–Crippen LogP) is 3.39. The van der Waals surface area contributed by atoms with E-state index in [1.807, 2.05) is 18.2 Å². The van der Waals surface area contributed by atoms with Gasteiger partial charge in [-0.2, -0.15) is 5.10 Å². The lowest BCUT2D eigenvalue weighted by molar-refractivity contribution is -0.385. The molecule has 8 nitrogen and oxygen atoms in total. The number of nitro groups is 1. The number of anilines is 1. The molecule has 2 aromatic rings. The Morgan fingerprint density at radius 1 is 1.46 bits per heavy atom. The molecular formula is C19H24ClN5O3. The van der Waals surface area contributed by atoms with E-state index in [-0.39, 0.29) is 24.6 Å². The summed E-state index contributed by atoms with van der Waals surface area (Å²) in [5, 5.41) is 18.1. The van der Waals surface area contributed by atoms with Gasteiger partial charge in [-0.25, -0.2) is 0 Å². The van der Waals surface area contributed by atoms with Crippen molar-refractivity contribution in [2.24, 2.45) is 5.92 Å². The number of amides is 1. The van der Waals surface area contributed by atoms with E-state index in [2.05, 4.69) is 22.2 Å². The van der Waals surface area contributed by atoms with Crippen LogP contribution in [0, 0.1) is 16.0 Å². The van der Waals surface area contributed by atoms with Gasteiger partial charge in [0.2, 0.25) is 5.91 Å². The zero-order valence-electron chi connectivity index (χ0n) is 15.8. The first kappa shape index (κ1) is 20.1. The maximum Gasteiger partial charge on any atom is 0.306 e. The van der Waals surface area contributed by atoms with Crippen molar-refractivity contribution in [2.75, 3.05) is 18.0 Å². The summed E-state index contributed by atoms with van der Waals surface area (Å²) in [7, 11) is 0. The summed E-state index contributed by atoms with van der Waals surface area (Å²) in [5.74, 6) is 0.517. The van der Waals surface area contributed by atoms with Gasteiger partial charge in [0, 0.05) is 32.6 Å². The van der Waals surface area contributed by atoms with Crippen LogP contribution >= 0.6 is 11.6 Å². The molecule has 1 aromatic carbocycles. The fourth-order valence-corrected chi connectivity index (χ4v) is 3.72. The Labute approximate surface area is 168 Å². The number of aromatic nitrogens is 2. The van der Waals surface area contributed by atoms with Crippen LogP contribution in [0.15, 0.2) is 30.6 Å². The predicted molar refractivity (Wildman–Crippen MR) is 107 cm³/mol. The molecule has 3 rings (SSSR count). The average Bonchev–Trinajstić information content (AvgIpc) is 3.14. The molecule has 9 heteroatoms. The number of hydrogen-bond acceptors (Lipinski definition) is 5. The number of aryl methyl sites for hydroxylation is 1. The molecule has 1 aliphatic heterocycles. The van der Waals surface area contributed by atoms with Gasteiger partial charge in [-0.1, -0.05) is 24.6 Å². The van der Waals surface area contributed by atoms with Crippen LogP contribution in [0.5, 0.6) is 0 Å². The highest BCUT2D eigenvalue weighted by Crippen LogP contribution is 2.30. The number of hydrogen-bond donors (Lipinski definition) is 1. The summed E-state index contributed by atoms with van der Waals surface area (Å²) in [6.45, 7) is 4.96. The van der Waals surface area contributed by atoms with E-state index in [0.29, 0.717) is 17.5 Å². The van der Waals surface area contributed by atoms with E-state index in [9.17, 15) is 14.9 Å². The lowest BCUT2D eigenvalue weighted by atomic mass is 9.99. The maximum absolute atomic E-state index is 12.0. The highest BCUT2D eigenvalue weighted by atomic mass is 35.5. The molecule has 28 heavy (non-hydrogen) atoms. The summed E-state index contributed by atoms with van der Waals surface area (Å²) in [6.07, 6.45) is 5.10. The van der Waals surface area contributed by atoms with Crippen LogP contribution in [0.25, 0.3) is 0 Å². The van der Waals surface area contributed by atoms with Crippen molar-refractivity contribution in [3.63, 3.8) is 0 Å². The van der Waals surface area contributed by atoms with Crippen LogP contribution in [-0.2, 0) is 17.9 Å². The van der Waals surface area contributed by atoms with Crippen molar-refractivity contribution in [1.82, 2.24) is 15.1 Å². The molecule has 2 heterocycles. The number of carbonyl (C=O) groups is 1. The quantitative estimate of drug-likeness (QED) is 0.563. The lowest BCUT2D eigenvalue weighted by Gasteiger charge is -2.33. The zero-order valence-corrected chi connectivity index (χ0v) is 16.6. The largest absolute Gasteiger partial charge is 0.370 e. The van der Waals surface area contributed by atoms with E-state index >= 15 is 0 Å². The van der Waals surface area contributed by atoms with Gasteiger partial charge in [-0.15, -0.1) is 0 Å². The minimum Gasteiger partial charge on any atom is -0.370 e. The van der Waals surface area contributed by atoms with Gasteiger partial charge in [-0.3, -0.25) is 19.6 Å². The molecule has 1 atom stereocenters. The molecule has 1 saturated heterocycles. The van der Waals surface area contributed by atoms with Crippen molar-refractivity contribution < 1.29 is 9.72 Å². The van der Waals surface area contributed by atoms with Crippen LogP contribution in [-0.4, -0.2) is 33.7 Å². The van der Waals surface area contributed by atoms with Gasteiger partial charge < -0.3 is 10.2 Å². The third kappa shape index (κ3) is 5.22. The second kappa shape index (κ2) is 9.05. The lowest BCUT2D eigenvalue weighted by Crippen LogP contribution is -2.34. The minimum absolute atomic E-state index is 0.0850. The van der Waals surface area contributed by atoms with Gasteiger partial charge in [0.1, 0.15) is 12.4 Å². The number of piperidine rings is 1. The van der Waals surface area contributed by atoms with Crippen molar-refractivity contribution in [3.8, 4) is 0 Å². The topological polar surface area (TPSA) is 93.3 Å². The zero-order chi connectivity index (χ0) is 20.1. The fourth-order valence-electron chi connectivity index (χ4n) is 3.40. The smallest absolute Gasteiger partial charge is 0.306 e. The molecule has 0 saturated carbocycles. The highest BCUT2D eigenvalue weighted by Gasteiger charge is 2.18. The Kier molecular flexibility index (Phi) is 6.51. The Morgan fingerprint density at radius 2 is 2.29 bits per heavy atom. The Hall–Kier alpha value is -2.61. The number of nitrogens with zero attached hydrogens (tertiary/aromatic N) is 4. The number of halogens is 1. The molecule has 0 bridgehead atoms. The van der Waals surface area contributed by atoms with Crippen LogP contribution in [0.4, 0.5) is 11.4 Å². The van der Waals surface area contributed by atoms with Crippen LogP contribution in [0.1, 0.15) is 31.7 Å². The van der Waals surface area contributed by atoms with Crippen LogP contribution in [0.2, 0.25) is 5.02 Å². The average molecular weight is 406 g/mol. The molecular weight excluding hydrogens is 382 g/mol. The summed E-state index contributed by atoms with van der Waals surface area (Å²) >= 11 is 6.47. The third-order valence-electron chi connectivity index (χ3n) is 4.90. The van der Waals surface area contributed by atoms with Crippen molar-refractivity contribution >= 4 is 28.9 Å². The van der Waals surface area contributed by atoms with Gasteiger partial charge in [0.25, 0.3) is 0 Å². The van der Waals surface area contributed by atoms with Gasteiger partial charge in [0.15, 0.2) is 0 Å². The monoisotopic (exact) mass is 405 g/mol. The minimum atomic E-state index is -0.512. The third-order valence-corrected chi connectivity index (χ3v) is 5.20. The molecule has 150 valence electrons. The Morgan fingerprint density at radius 3 is 2.96 bits per heavy atom. The van der Waals surface area contributed by atoms with E-state index in [4.69, 9.17) is 11.6 Å². The van der Waals surface area contributed by atoms with Crippen molar-refractivity contribution in [3.05, 3.63) is 51.3 Å². The number of carbonyl (C=O) groups excluding carboxylic acids is 1. The molecule has 1 amide bonds. The second-order valence-corrected chi connectivity index (χ2v) is 7.63. The first-order chi connectivity index (χ1) is 13.4. The first-order valence-corrected chi connectivity index (χ1v) is 9.77. The number of benzene rings is 1. The van der Waals surface area contributed by atoms with Crippen LogP contribution in [0.3, 0.4) is 0 Å². The maximum atomic E-state index is 12.0. The van der Waals surface area contributed by atoms with Gasteiger partial charge >= 0.3 is 5.69 Å². The summed E-state index contributed by atoms with van der Waals surface area (Å²) in [6, 6.07) is 5.90. The fraction of sp³-hybridized carbons (Fsp3) is 0.474. The molecule has 1 aliphatic rings. The molecule has 1 fully saturated rings. The normalized spacial score (nSPS) is 16.8. The molecule has 1 aromatic heterocycles. The van der Waals surface area contributed by atoms with E-state index in [0.717, 1.165) is 24.3 Å². The first-order valence-electron chi connectivity index (χ1n) is 9.39. The van der Waals surface area contributed by atoms with Crippen molar-refractivity contribution in [2.45, 2.75) is 39.3 Å². The number of nitrogens with one attached hydrogen (secondary N) is 1. The summed E-state index contributed by atoms with van der Waals surface area (Å²) in [5.41, 5.74) is 1.89. The van der Waals surface area contributed by atoms with Gasteiger partial charge in [-0.05, 0) is 36.5 Å². The van der Waals surface area contributed by atoms with Gasteiger partial charge in [0.05, 0.1) is 15.6 Å². The molecule has 0 radical (unpaired) electrons. The highest BCUT2D eigenvalue weighted by molar-refractivity contribution is 6.33. The summed E-state index contributed by atoms with van der Waals surface area (Å²) < 4.78 is 1.39. The number of rotatable bonds is 7. The molecule has 0 aliphatic carbocycles. The molecule has 0 unspecified atom stereocenters. The second-order valence-electron chi connectivity index (χ2n) is 7.22. The Bertz CT molecular complexity index is 854. The van der Waals surface area contributed by atoms with Crippen LogP contribution < -0.4 is 10.2 Å². The molecule has 0 spiro atoms. The van der Waals surface area contributed by atoms with E-state index < -0.39 is 4.92 Å². The molecule has 1 N–H and O–H groups in total. The standard InChI is InChI=1S/C19H24ClN5O3/c1-14-3-2-7-23(12-14)18-5-4-15(9-17(18)20)10-21-19(26)6-8-24-13-16(11-22-24)25(27)28/h4-5,9,11,13-14H,2-3,6-8,10,12H2,1H3,(H,21,26)/t14-/m0/s1. The Balaban J connectivity index is 1.49.